The fourth-order valence-corrected chi connectivity index (χ4v) is 5.18. The van der Waals surface area contributed by atoms with E-state index in [-0.39, 0.29) is 0 Å². The molecule has 3 aliphatic carbocycles. The van der Waals surface area contributed by atoms with Gasteiger partial charge in [0.25, 0.3) is 0 Å². The second-order valence-electron chi connectivity index (χ2n) is 7.06. The van der Waals surface area contributed by atoms with Gasteiger partial charge in [-0.25, -0.2) is 0 Å². The number of fused-ring (bicyclic) bond motifs is 1. The molecule has 0 heterocycles. The van der Waals surface area contributed by atoms with Crippen LogP contribution in [0.1, 0.15) is 46.5 Å². The molecule has 3 rings (SSSR count). The normalized spacial score (nSPS) is 48.4. The number of aliphatic hydroxyl groups is 1. The van der Waals surface area contributed by atoms with Crippen molar-refractivity contribution >= 4 is 0 Å². The van der Waals surface area contributed by atoms with Crippen molar-refractivity contribution in [1.82, 2.24) is 0 Å². The Balaban J connectivity index is 1.89. The predicted octanol–water partition coefficient (Wildman–Crippen LogP) is 3.63. The number of hydrogen-bond donors (Lipinski definition) is 1. The maximum Gasteiger partial charge on any atom is 0.0642 e. The third kappa shape index (κ3) is 1.47. The lowest BCUT2D eigenvalue weighted by atomic mass is 9.79. The highest BCUT2D eigenvalue weighted by molar-refractivity contribution is 5.34. The zero-order chi connectivity index (χ0) is 12.2. The standard InChI is InChI=1S/C16H26O/c1-10(2)13-6-4-5-11(3)16-8-12(9-17)7-14(16)15(13)16/h7,10-11,13-15,17H,4-6,8-9H2,1-3H3. The van der Waals surface area contributed by atoms with Crippen LogP contribution in [0, 0.1) is 35.0 Å². The lowest BCUT2D eigenvalue weighted by molar-refractivity contribution is 0.240. The fourth-order valence-electron chi connectivity index (χ4n) is 5.18. The van der Waals surface area contributed by atoms with E-state index in [2.05, 4.69) is 26.8 Å². The van der Waals surface area contributed by atoms with E-state index in [1.54, 1.807) is 0 Å². The van der Waals surface area contributed by atoms with Gasteiger partial charge in [0.15, 0.2) is 0 Å². The van der Waals surface area contributed by atoms with E-state index in [1.165, 1.54) is 31.3 Å². The van der Waals surface area contributed by atoms with Crippen LogP contribution in [0.3, 0.4) is 0 Å². The van der Waals surface area contributed by atoms with Crippen molar-refractivity contribution in [2.45, 2.75) is 46.5 Å². The minimum atomic E-state index is 0.296. The Kier molecular flexibility index (Phi) is 2.66. The molecule has 5 unspecified atom stereocenters. The smallest absolute Gasteiger partial charge is 0.0642 e. The first-order chi connectivity index (χ1) is 8.11. The summed E-state index contributed by atoms with van der Waals surface area (Å²) in [6.07, 6.45) is 7.89. The quantitative estimate of drug-likeness (QED) is 0.723. The molecule has 17 heavy (non-hydrogen) atoms. The van der Waals surface area contributed by atoms with Crippen molar-refractivity contribution in [2.24, 2.45) is 35.0 Å². The predicted molar refractivity (Wildman–Crippen MR) is 70.5 cm³/mol. The summed E-state index contributed by atoms with van der Waals surface area (Å²) >= 11 is 0. The van der Waals surface area contributed by atoms with E-state index in [0.29, 0.717) is 12.0 Å². The topological polar surface area (TPSA) is 20.2 Å². The Morgan fingerprint density at radius 1 is 1.41 bits per heavy atom. The van der Waals surface area contributed by atoms with E-state index in [4.69, 9.17) is 0 Å². The van der Waals surface area contributed by atoms with Gasteiger partial charge in [-0.1, -0.05) is 39.7 Å². The first-order valence-corrected chi connectivity index (χ1v) is 7.41. The molecule has 1 heteroatoms. The molecule has 1 nitrogen and oxygen atoms in total. The fraction of sp³-hybridized carbons (Fsp3) is 0.875. The van der Waals surface area contributed by atoms with Crippen LogP contribution in [0.5, 0.6) is 0 Å². The zero-order valence-corrected chi connectivity index (χ0v) is 11.4. The maximum atomic E-state index is 9.35. The maximum absolute atomic E-state index is 9.35. The molecule has 2 saturated carbocycles. The van der Waals surface area contributed by atoms with Crippen LogP contribution in [-0.4, -0.2) is 11.7 Å². The van der Waals surface area contributed by atoms with Gasteiger partial charge in [0.2, 0.25) is 0 Å². The molecule has 0 amide bonds. The molecular weight excluding hydrogens is 208 g/mol. The summed E-state index contributed by atoms with van der Waals surface area (Å²) in [6.45, 7) is 7.56. The van der Waals surface area contributed by atoms with Gasteiger partial charge in [0.1, 0.15) is 0 Å². The average Bonchev–Trinajstić information content (AvgIpc) is 2.78. The number of allylic oxidation sites excluding steroid dienone is 1. The van der Waals surface area contributed by atoms with Gasteiger partial charge in [-0.3, -0.25) is 0 Å². The average molecular weight is 234 g/mol. The summed E-state index contributed by atoms with van der Waals surface area (Å²) in [4.78, 5) is 0. The zero-order valence-electron chi connectivity index (χ0n) is 11.4. The Labute approximate surface area is 105 Å². The van der Waals surface area contributed by atoms with E-state index in [1.807, 2.05) is 0 Å². The van der Waals surface area contributed by atoms with Crippen LogP contribution in [-0.2, 0) is 0 Å². The summed E-state index contributed by atoms with van der Waals surface area (Å²) in [5.41, 5.74) is 1.89. The molecule has 0 bridgehead atoms. The SMILES string of the molecule is CC(C)C1CCCC(C)C23CC(CO)=CC2C13. The molecular formula is C16H26O. The van der Waals surface area contributed by atoms with Gasteiger partial charge in [-0.2, -0.15) is 0 Å². The molecule has 5 atom stereocenters. The molecule has 1 spiro atoms. The van der Waals surface area contributed by atoms with Crippen LogP contribution in [0.4, 0.5) is 0 Å². The van der Waals surface area contributed by atoms with Gasteiger partial charge in [0, 0.05) is 0 Å². The van der Waals surface area contributed by atoms with Crippen molar-refractivity contribution in [2.75, 3.05) is 6.61 Å². The first-order valence-electron chi connectivity index (χ1n) is 7.41. The molecule has 0 radical (unpaired) electrons. The Bertz CT molecular complexity index is 343. The van der Waals surface area contributed by atoms with Crippen LogP contribution in [0.25, 0.3) is 0 Å². The minimum Gasteiger partial charge on any atom is -0.392 e. The molecule has 2 fully saturated rings. The lowest BCUT2D eigenvalue weighted by Crippen LogP contribution is -2.19. The number of hydrogen-bond acceptors (Lipinski definition) is 1. The summed E-state index contributed by atoms with van der Waals surface area (Å²) in [5.74, 6) is 4.38. The number of aliphatic hydroxyl groups excluding tert-OH is 1. The highest BCUT2D eigenvalue weighted by Crippen LogP contribution is 2.76. The Morgan fingerprint density at radius 3 is 2.82 bits per heavy atom. The molecule has 0 aromatic carbocycles. The highest BCUT2D eigenvalue weighted by Gasteiger charge is 2.70. The monoisotopic (exact) mass is 234 g/mol. The van der Waals surface area contributed by atoms with E-state index >= 15 is 0 Å². The summed E-state index contributed by atoms with van der Waals surface area (Å²) in [7, 11) is 0. The second-order valence-corrected chi connectivity index (χ2v) is 7.06. The summed E-state index contributed by atoms with van der Waals surface area (Å²) in [5, 5.41) is 9.35. The van der Waals surface area contributed by atoms with Crippen LogP contribution in [0.2, 0.25) is 0 Å². The van der Waals surface area contributed by atoms with E-state index < -0.39 is 0 Å². The van der Waals surface area contributed by atoms with E-state index in [9.17, 15) is 5.11 Å². The van der Waals surface area contributed by atoms with Crippen molar-refractivity contribution in [3.63, 3.8) is 0 Å². The van der Waals surface area contributed by atoms with Gasteiger partial charge in [-0.15, -0.1) is 0 Å². The largest absolute Gasteiger partial charge is 0.392 e. The summed E-state index contributed by atoms with van der Waals surface area (Å²) in [6, 6.07) is 0. The molecule has 96 valence electrons. The van der Waals surface area contributed by atoms with Crippen molar-refractivity contribution in [1.29, 1.82) is 0 Å². The first kappa shape index (κ1) is 11.8. The second kappa shape index (κ2) is 3.85. The number of rotatable bonds is 2. The lowest BCUT2D eigenvalue weighted by Gasteiger charge is -2.25. The van der Waals surface area contributed by atoms with Crippen LogP contribution in [0.15, 0.2) is 11.6 Å². The Hall–Kier alpha value is -0.300. The third-order valence-corrected chi connectivity index (χ3v) is 6.08. The van der Waals surface area contributed by atoms with Gasteiger partial charge in [0.05, 0.1) is 6.61 Å². The summed E-state index contributed by atoms with van der Waals surface area (Å²) < 4.78 is 0. The van der Waals surface area contributed by atoms with Crippen molar-refractivity contribution in [3.05, 3.63) is 11.6 Å². The molecule has 3 aliphatic rings. The van der Waals surface area contributed by atoms with Gasteiger partial charge < -0.3 is 5.11 Å². The molecule has 1 N–H and O–H groups in total. The molecule has 0 aliphatic heterocycles. The molecule has 0 aromatic rings. The van der Waals surface area contributed by atoms with Gasteiger partial charge in [-0.05, 0) is 53.4 Å². The third-order valence-electron chi connectivity index (χ3n) is 6.08. The minimum absolute atomic E-state index is 0.296. The highest BCUT2D eigenvalue weighted by atomic mass is 16.3. The van der Waals surface area contributed by atoms with Crippen molar-refractivity contribution < 1.29 is 5.11 Å². The molecule has 0 aromatic heterocycles. The van der Waals surface area contributed by atoms with Crippen LogP contribution < -0.4 is 0 Å². The molecule has 0 saturated heterocycles. The van der Waals surface area contributed by atoms with Crippen molar-refractivity contribution in [3.8, 4) is 0 Å². The Morgan fingerprint density at radius 2 is 2.18 bits per heavy atom. The van der Waals surface area contributed by atoms with E-state index in [0.717, 1.165) is 29.6 Å². The van der Waals surface area contributed by atoms with Crippen LogP contribution >= 0.6 is 0 Å². The van der Waals surface area contributed by atoms with Gasteiger partial charge >= 0.3 is 0 Å².